The Balaban J connectivity index is 0.000000105. The first-order chi connectivity index (χ1) is 74.8. The zero-order chi connectivity index (χ0) is 101. The lowest BCUT2D eigenvalue weighted by Gasteiger charge is -2.22. The molecule has 0 spiro atoms. The van der Waals surface area contributed by atoms with Crippen LogP contribution in [-0.2, 0) is 5.41 Å². The van der Waals surface area contributed by atoms with Crippen LogP contribution in [0, 0.1) is 0 Å². The van der Waals surface area contributed by atoms with Gasteiger partial charge < -0.3 is 13.7 Å². The Hall–Kier alpha value is -18.3. The number of thiophene rings is 3. The van der Waals surface area contributed by atoms with Gasteiger partial charge in [-0.15, -0.1) is 34.0 Å². The third kappa shape index (κ3) is 13.2. The van der Waals surface area contributed by atoms with E-state index < -0.39 is 18.1 Å². The highest BCUT2D eigenvalue weighted by molar-refractivity contribution is 7.28. The smallest absolute Gasteiger partial charge is 0.160 e. The molecule has 0 saturated heterocycles. The molecule has 32 rings (SSSR count). The molecule has 9 nitrogen and oxygen atoms in total. The standard InChI is InChI=1S/C51H33N3S.2C42H25N3S/c1-51(2)40-19-9-5-13-33(40)34-28-25-31(29-41(34)51)47-37-16-6-10-20-42(37)52-50(53-47)30-23-26-32(27-24-30)54-43-21-11-7-17-38(43)46-48(54)36-15-4-3-14-35(36)45-39-18-8-12-22-44(39)55-49(45)46;2*1-2-13-26(14-3-1)39-31-19-6-9-22-34(31)43-42(44-39)27-15-12-16-28(25-27)45-35-23-10-7-20-32(35)38-40(45)30-18-5-4-17-29(30)37-33-21-8-11-24-36(33)46-41(37)38/h3-29H,1-2H3;2*1-25H/i;1D,2D,3D,13D,14D;. The van der Waals surface area contributed by atoms with E-state index in [0.29, 0.717) is 22.4 Å². The van der Waals surface area contributed by atoms with Crippen LogP contribution in [0.2, 0.25) is 0 Å². The van der Waals surface area contributed by atoms with Crippen LogP contribution in [0.3, 0.4) is 0 Å². The predicted octanol–water partition coefficient (Wildman–Crippen LogP) is 37.1. The highest BCUT2D eigenvalue weighted by Crippen LogP contribution is 2.55. The fraction of sp³-hybridized carbons (Fsp3) is 0.0222. The van der Waals surface area contributed by atoms with E-state index >= 15 is 0 Å². The average molecular weight is 1930 g/mol. The Labute approximate surface area is 862 Å². The van der Waals surface area contributed by atoms with Gasteiger partial charge in [0.25, 0.3) is 0 Å². The monoisotopic (exact) mass is 1930 g/mol. The SMILES string of the molecule is CC1(C)c2ccccc2-c2ccc(-c3nc(-c4ccc(-n5c6ccccc6c6c7sc8ccccc8c7c7ccccc7c65)cc4)nc4ccccc34)cc21.[2H]c1c([2H])c([2H])c(-c2nc(-c3cccc(-n4c5ccccc5c5c6sc7ccccc7c6c6ccccc6c54)c3)nc3ccccc23)c([2H])c1[2H].c1ccc(-c2nc(-c3cccc(-n4c5ccccc5c5c6sc7ccccc7c6c6ccccc6c54)c3)nc3ccccc23)cc1. The minimum Gasteiger partial charge on any atom is -0.309 e. The van der Waals surface area contributed by atoms with Crippen molar-refractivity contribution >= 4 is 225 Å². The Bertz CT molecular complexity index is 11300. The van der Waals surface area contributed by atoms with Crippen LogP contribution in [0.5, 0.6) is 0 Å². The Morgan fingerprint density at radius 2 is 0.544 bits per heavy atom. The van der Waals surface area contributed by atoms with E-state index in [9.17, 15) is 0 Å². The number of aromatic nitrogens is 9. The molecule has 147 heavy (non-hydrogen) atoms. The quantitative estimate of drug-likeness (QED) is 0.143. The van der Waals surface area contributed by atoms with Crippen molar-refractivity contribution in [3.05, 3.63) is 478 Å². The summed E-state index contributed by atoms with van der Waals surface area (Å²) in [5.41, 5.74) is 25.1. The molecular formula is C135H83N9S3. The van der Waals surface area contributed by atoms with Gasteiger partial charge in [-0.25, -0.2) is 29.9 Å². The van der Waals surface area contributed by atoms with E-state index in [-0.39, 0.29) is 23.1 Å². The highest BCUT2D eigenvalue weighted by atomic mass is 32.1. The second kappa shape index (κ2) is 33.4. The summed E-state index contributed by atoms with van der Waals surface area (Å²) in [5.74, 6) is 1.84. The van der Waals surface area contributed by atoms with Crippen molar-refractivity contribution in [2.75, 3.05) is 0 Å². The van der Waals surface area contributed by atoms with Gasteiger partial charge in [0.05, 0.1) is 73.6 Å². The molecule has 1 aliphatic carbocycles. The summed E-state index contributed by atoms with van der Waals surface area (Å²) in [6.07, 6.45) is 0. The van der Waals surface area contributed by atoms with E-state index in [2.05, 4.69) is 416 Å². The fourth-order valence-electron chi connectivity index (χ4n) is 23.6. The lowest BCUT2D eigenvalue weighted by atomic mass is 9.82. The Kier molecular flexibility index (Phi) is 18.0. The summed E-state index contributed by atoms with van der Waals surface area (Å²) in [4.78, 5) is 30.6. The molecule has 0 radical (unpaired) electrons. The second-order valence-corrected chi connectivity index (χ2v) is 41.6. The van der Waals surface area contributed by atoms with Gasteiger partial charge in [-0.2, -0.15) is 0 Å². The predicted molar refractivity (Wildman–Crippen MR) is 623 cm³/mol. The van der Waals surface area contributed by atoms with Crippen molar-refractivity contribution in [2.45, 2.75) is 19.3 Å². The minimum atomic E-state index is -0.438. The van der Waals surface area contributed by atoms with Crippen LogP contribution < -0.4 is 0 Å². The number of hydrogen-bond donors (Lipinski definition) is 0. The van der Waals surface area contributed by atoms with Crippen molar-refractivity contribution in [3.63, 3.8) is 0 Å². The van der Waals surface area contributed by atoms with E-state index in [1.165, 1.54) is 164 Å². The summed E-state index contributed by atoms with van der Waals surface area (Å²) in [7, 11) is 0. The Morgan fingerprint density at radius 3 is 0.986 bits per heavy atom. The summed E-state index contributed by atoms with van der Waals surface area (Å²) in [5, 5.41) is 25.6. The first-order valence-corrected chi connectivity index (χ1v) is 52.0. The van der Waals surface area contributed by atoms with Gasteiger partial charge in [-0.1, -0.05) is 372 Å². The maximum atomic E-state index is 8.73. The first kappa shape index (κ1) is 79.3. The zero-order valence-corrected chi connectivity index (χ0v) is 81.8. The van der Waals surface area contributed by atoms with Crippen LogP contribution in [-0.4, -0.2) is 43.6 Å². The molecular weight excluding hydrogens is 1840 g/mol. The number of rotatable bonds is 9. The van der Waals surface area contributed by atoms with E-state index in [0.717, 1.165) is 106 Å². The van der Waals surface area contributed by atoms with E-state index in [1.54, 1.807) is 0 Å². The summed E-state index contributed by atoms with van der Waals surface area (Å²) >= 11 is 5.63. The number of benzene rings is 22. The van der Waals surface area contributed by atoms with Gasteiger partial charge in [0.2, 0.25) is 0 Å². The van der Waals surface area contributed by atoms with Crippen LogP contribution in [0.1, 0.15) is 31.8 Å². The van der Waals surface area contributed by atoms with Gasteiger partial charge in [0.1, 0.15) is 0 Å². The maximum absolute atomic E-state index is 8.73. The molecule has 0 saturated carbocycles. The number of nitrogens with zero attached hydrogens (tertiary/aromatic N) is 9. The molecule has 9 aromatic heterocycles. The molecule has 9 heterocycles. The maximum Gasteiger partial charge on any atom is 0.160 e. The van der Waals surface area contributed by atoms with E-state index in [1.807, 2.05) is 82.5 Å². The van der Waals surface area contributed by atoms with Crippen LogP contribution in [0.25, 0.3) is 287 Å². The fourth-order valence-corrected chi connectivity index (χ4v) is 27.4. The van der Waals surface area contributed by atoms with Crippen LogP contribution in [0.15, 0.2) is 467 Å². The molecule has 0 fully saturated rings. The van der Waals surface area contributed by atoms with Gasteiger partial charge in [0.15, 0.2) is 17.5 Å². The summed E-state index contributed by atoms with van der Waals surface area (Å²) < 4.78 is 57.3. The van der Waals surface area contributed by atoms with Gasteiger partial charge >= 0.3 is 0 Å². The van der Waals surface area contributed by atoms with Crippen molar-refractivity contribution < 1.29 is 6.85 Å². The Morgan fingerprint density at radius 1 is 0.218 bits per heavy atom. The van der Waals surface area contributed by atoms with Gasteiger partial charge in [-0.05, 0) is 148 Å². The molecule has 0 bridgehead atoms. The molecule has 0 amide bonds. The molecule has 0 aliphatic heterocycles. The van der Waals surface area contributed by atoms with Gasteiger partial charge in [0, 0.05) is 181 Å². The first-order valence-electron chi connectivity index (χ1n) is 52.0. The normalized spacial score (nSPS) is 13.0. The molecule has 1 aliphatic rings. The molecule has 0 unspecified atom stereocenters. The molecule has 22 aromatic carbocycles. The third-order valence-corrected chi connectivity index (χ3v) is 33.6. The molecule has 0 N–H and O–H groups in total. The summed E-state index contributed by atoms with van der Waals surface area (Å²) in [6.45, 7) is 4.66. The number of para-hydroxylation sites is 6. The summed E-state index contributed by atoms with van der Waals surface area (Å²) in [6, 6.07) is 153. The molecule has 12 heteroatoms. The minimum absolute atomic E-state index is 0.0539. The number of hydrogen-bond acceptors (Lipinski definition) is 9. The largest absolute Gasteiger partial charge is 0.309 e. The van der Waals surface area contributed by atoms with Crippen molar-refractivity contribution in [3.8, 4) is 96.1 Å². The van der Waals surface area contributed by atoms with Crippen molar-refractivity contribution in [2.24, 2.45) is 0 Å². The van der Waals surface area contributed by atoms with Crippen molar-refractivity contribution in [1.29, 1.82) is 0 Å². The third-order valence-electron chi connectivity index (χ3n) is 30.0. The lowest BCUT2D eigenvalue weighted by molar-refractivity contribution is 0.660. The molecule has 31 aromatic rings. The average Bonchev–Trinajstić information content (AvgIpc) is 1.54. The van der Waals surface area contributed by atoms with Gasteiger partial charge in [-0.3, -0.25) is 0 Å². The topological polar surface area (TPSA) is 92.1 Å². The highest BCUT2D eigenvalue weighted by Gasteiger charge is 2.36. The van der Waals surface area contributed by atoms with E-state index in [4.69, 9.17) is 36.8 Å². The number of fused-ring (bicyclic) bond motifs is 36. The molecule has 686 valence electrons. The lowest BCUT2D eigenvalue weighted by Crippen LogP contribution is -2.14. The van der Waals surface area contributed by atoms with Crippen molar-refractivity contribution in [1.82, 2.24) is 43.6 Å². The zero-order valence-electron chi connectivity index (χ0n) is 84.3. The van der Waals surface area contributed by atoms with Crippen LogP contribution >= 0.6 is 34.0 Å². The molecule has 0 atom stereocenters. The van der Waals surface area contributed by atoms with Crippen LogP contribution in [0.4, 0.5) is 0 Å². The second-order valence-electron chi connectivity index (χ2n) is 38.5.